The Morgan fingerprint density at radius 1 is 0.926 bits per heavy atom. The third kappa shape index (κ3) is 4.47. The molecule has 27 heavy (non-hydrogen) atoms. The molecule has 1 aliphatic heterocycles. The Morgan fingerprint density at radius 2 is 1.74 bits per heavy atom. The number of hydrogen-bond acceptors (Lipinski definition) is 6. The van der Waals surface area contributed by atoms with Gasteiger partial charge in [-0.2, -0.15) is 4.98 Å². The number of hydrogen-bond donors (Lipinski definition) is 2. The quantitative estimate of drug-likeness (QED) is 0.692. The molecule has 1 aromatic heterocycles. The maximum Gasteiger partial charge on any atom is 0.224 e. The van der Waals surface area contributed by atoms with Gasteiger partial charge in [0.1, 0.15) is 19.0 Å². The van der Waals surface area contributed by atoms with Gasteiger partial charge < -0.3 is 20.1 Å². The first kappa shape index (κ1) is 17.1. The zero-order chi connectivity index (χ0) is 18.5. The lowest BCUT2D eigenvalue weighted by Gasteiger charge is -2.19. The molecule has 0 bridgehead atoms. The van der Waals surface area contributed by atoms with Gasteiger partial charge in [0.15, 0.2) is 11.5 Å². The highest BCUT2D eigenvalue weighted by molar-refractivity contribution is 5.62. The number of aryl methyl sites for hydroxylation is 1. The standard InChI is InChI=1S/C21H22N4O2/c1-15-13-20(24-17-7-8-18-19(14-17)27-12-11-26-18)25-21(23-15)22-10-9-16-5-3-2-4-6-16/h2-8,13-14H,9-12H2,1H3,(H2,22,23,24,25). The summed E-state index contributed by atoms with van der Waals surface area (Å²) in [5.41, 5.74) is 3.08. The summed E-state index contributed by atoms with van der Waals surface area (Å²) in [6, 6.07) is 18.1. The largest absolute Gasteiger partial charge is 0.486 e. The van der Waals surface area contributed by atoms with Gasteiger partial charge in [0.25, 0.3) is 0 Å². The van der Waals surface area contributed by atoms with E-state index in [1.807, 2.05) is 49.4 Å². The van der Waals surface area contributed by atoms with Crippen LogP contribution in [0.4, 0.5) is 17.5 Å². The van der Waals surface area contributed by atoms with Crippen molar-refractivity contribution in [2.75, 3.05) is 30.4 Å². The molecule has 0 aliphatic carbocycles. The SMILES string of the molecule is Cc1cc(Nc2ccc3c(c2)OCCO3)nc(NCCc2ccccc2)n1. The highest BCUT2D eigenvalue weighted by atomic mass is 16.6. The summed E-state index contributed by atoms with van der Waals surface area (Å²) in [6.45, 7) is 3.89. The van der Waals surface area contributed by atoms with E-state index < -0.39 is 0 Å². The number of benzene rings is 2. The molecule has 138 valence electrons. The van der Waals surface area contributed by atoms with Crippen molar-refractivity contribution in [1.82, 2.24) is 9.97 Å². The molecule has 0 saturated carbocycles. The topological polar surface area (TPSA) is 68.3 Å². The van der Waals surface area contributed by atoms with Crippen LogP contribution < -0.4 is 20.1 Å². The molecule has 6 nitrogen and oxygen atoms in total. The first-order valence-electron chi connectivity index (χ1n) is 9.06. The Balaban J connectivity index is 1.42. The van der Waals surface area contributed by atoms with Crippen molar-refractivity contribution >= 4 is 17.5 Å². The summed E-state index contributed by atoms with van der Waals surface area (Å²) in [4.78, 5) is 9.04. The number of aromatic nitrogens is 2. The van der Waals surface area contributed by atoms with Crippen LogP contribution in [0, 0.1) is 6.92 Å². The zero-order valence-corrected chi connectivity index (χ0v) is 15.2. The average Bonchev–Trinajstić information content (AvgIpc) is 2.68. The number of fused-ring (bicyclic) bond motifs is 1. The van der Waals surface area contributed by atoms with E-state index >= 15 is 0 Å². The van der Waals surface area contributed by atoms with E-state index in [9.17, 15) is 0 Å². The van der Waals surface area contributed by atoms with Crippen molar-refractivity contribution in [3.05, 3.63) is 65.9 Å². The van der Waals surface area contributed by atoms with Crippen molar-refractivity contribution in [3.63, 3.8) is 0 Å². The van der Waals surface area contributed by atoms with E-state index in [0.29, 0.717) is 19.2 Å². The molecule has 6 heteroatoms. The van der Waals surface area contributed by atoms with Gasteiger partial charge >= 0.3 is 0 Å². The lowest BCUT2D eigenvalue weighted by Crippen LogP contribution is -2.15. The summed E-state index contributed by atoms with van der Waals surface area (Å²) in [6.07, 6.45) is 0.920. The Labute approximate surface area is 158 Å². The van der Waals surface area contributed by atoms with Crippen LogP contribution in [0.15, 0.2) is 54.6 Å². The molecule has 2 heterocycles. The maximum atomic E-state index is 5.63. The summed E-state index contributed by atoms with van der Waals surface area (Å²) < 4.78 is 11.2. The van der Waals surface area contributed by atoms with Crippen LogP contribution in [-0.2, 0) is 6.42 Å². The Hall–Kier alpha value is -3.28. The van der Waals surface area contributed by atoms with Gasteiger partial charge in [-0.05, 0) is 31.0 Å². The van der Waals surface area contributed by atoms with E-state index in [4.69, 9.17) is 9.47 Å². The van der Waals surface area contributed by atoms with E-state index in [1.54, 1.807) is 0 Å². The summed E-state index contributed by atoms with van der Waals surface area (Å²) in [5.74, 6) is 2.87. The van der Waals surface area contributed by atoms with Crippen LogP contribution in [0.25, 0.3) is 0 Å². The smallest absolute Gasteiger partial charge is 0.224 e. The Kier molecular flexibility index (Phi) is 5.05. The molecule has 2 aromatic carbocycles. The van der Waals surface area contributed by atoms with Gasteiger partial charge in [-0.25, -0.2) is 4.98 Å². The number of nitrogens with zero attached hydrogens (tertiary/aromatic N) is 2. The second-order valence-corrected chi connectivity index (χ2v) is 6.36. The van der Waals surface area contributed by atoms with Crippen LogP contribution in [0.3, 0.4) is 0 Å². The molecule has 0 unspecified atom stereocenters. The monoisotopic (exact) mass is 362 g/mol. The van der Waals surface area contributed by atoms with E-state index in [1.165, 1.54) is 5.56 Å². The predicted molar refractivity (Wildman–Crippen MR) is 106 cm³/mol. The fraction of sp³-hybridized carbons (Fsp3) is 0.238. The van der Waals surface area contributed by atoms with Crippen molar-refractivity contribution in [1.29, 1.82) is 0 Å². The first-order valence-corrected chi connectivity index (χ1v) is 9.06. The average molecular weight is 362 g/mol. The molecule has 0 fully saturated rings. The molecule has 3 aromatic rings. The van der Waals surface area contributed by atoms with Crippen LogP contribution in [0.2, 0.25) is 0 Å². The summed E-state index contributed by atoms with van der Waals surface area (Å²) >= 11 is 0. The van der Waals surface area contributed by atoms with Crippen LogP contribution in [-0.4, -0.2) is 29.7 Å². The minimum Gasteiger partial charge on any atom is -0.486 e. The lowest BCUT2D eigenvalue weighted by molar-refractivity contribution is 0.171. The number of rotatable bonds is 6. The summed E-state index contributed by atoms with van der Waals surface area (Å²) in [5, 5.41) is 6.62. The van der Waals surface area contributed by atoms with Crippen molar-refractivity contribution in [3.8, 4) is 11.5 Å². The molecule has 2 N–H and O–H groups in total. The zero-order valence-electron chi connectivity index (χ0n) is 15.2. The van der Waals surface area contributed by atoms with Gasteiger partial charge in [0.2, 0.25) is 5.95 Å². The molecule has 0 atom stereocenters. The van der Waals surface area contributed by atoms with E-state index in [0.717, 1.165) is 41.7 Å². The minimum atomic E-state index is 0.568. The molecular weight excluding hydrogens is 340 g/mol. The minimum absolute atomic E-state index is 0.568. The molecule has 4 rings (SSSR count). The van der Waals surface area contributed by atoms with Crippen molar-refractivity contribution in [2.45, 2.75) is 13.3 Å². The fourth-order valence-corrected chi connectivity index (χ4v) is 2.94. The fourth-order valence-electron chi connectivity index (χ4n) is 2.94. The second kappa shape index (κ2) is 7.95. The summed E-state index contributed by atoms with van der Waals surface area (Å²) in [7, 11) is 0. The number of nitrogens with one attached hydrogen (secondary N) is 2. The molecule has 0 saturated heterocycles. The van der Waals surface area contributed by atoms with Gasteiger partial charge in [-0.1, -0.05) is 30.3 Å². The second-order valence-electron chi connectivity index (χ2n) is 6.36. The van der Waals surface area contributed by atoms with E-state index in [-0.39, 0.29) is 0 Å². The number of anilines is 3. The van der Waals surface area contributed by atoms with Crippen LogP contribution in [0.5, 0.6) is 11.5 Å². The molecular formula is C21H22N4O2. The van der Waals surface area contributed by atoms with Gasteiger partial charge in [0, 0.05) is 30.1 Å². The normalized spacial score (nSPS) is 12.5. The van der Waals surface area contributed by atoms with Gasteiger partial charge in [-0.15, -0.1) is 0 Å². The highest BCUT2D eigenvalue weighted by Gasteiger charge is 2.12. The molecule has 0 spiro atoms. The Bertz CT molecular complexity index is 915. The van der Waals surface area contributed by atoms with E-state index in [2.05, 4.69) is 32.7 Å². The van der Waals surface area contributed by atoms with Gasteiger partial charge in [0.05, 0.1) is 0 Å². The lowest BCUT2D eigenvalue weighted by atomic mass is 10.1. The van der Waals surface area contributed by atoms with Gasteiger partial charge in [-0.3, -0.25) is 0 Å². The molecule has 0 radical (unpaired) electrons. The van der Waals surface area contributed by atoms with Crippen LogP contribution in [0.1, 0.15) is 11.3 Å². The Morgan fingerprint density at radius 3 is 2.59 bits per heavy atom. The third-order valence-corrected chi connectivity index (χ3v) is 4.21. The third-order valence-electron chi connectivity index (χ3n) is 4.21. The van der Waals surface area contributed by atoms with Crippen molar-refractivity contribution in [2.24, 2.45) is 0 Å². The predicted octanol–water partition coefficient (Wildman–Crippen LogP) is 3.95. The molecule has 0 amide bonds. The first-order chi connectivity index (χ1) is 13.3. The molecule has 1 aliphatic rings. The van der Waals surface area contributed by atoms with Crippen LogP contribution >= 0.6 is 0 Å². The number of ether oxygens (including phenoxy) is 2. The maximum absolute atomic E-state index is 5.63. The van der Waals surface area contributed by atoms with Crippen molar-refractivity contribution < 1.29 is 9.47 Å². The highest BCUT2D eigenvalue weighted by Crippen LogP contribution is 2.33.